The van der Waals surface area contributed by atoms with Crippen LogP contribution in [0, 0.1) is 0 Å². The summed E-state index contributed by atoms with van der Waals surface area (Å²) < 4.78 is 0. The second-order valence-corrected chi connectivity index (χ2v) is 6.73. The van der Waals surface area contributed by atoms with E-state index in [2.05, 4.69) is 66.2 Å². The van der Waals surface area contributed by atoms with Crippen molar-refractivity contribution in [3.63, 3.8) is 0 Å². The van der Waals surface area contributed by atoms with E-state index in [-0.39, 0.29) is 5.54 Å². The fraction of sp³-hybridized carbons (Fsp3) is 0.667. The molecule has 3 N–H and O–H groups in total. The van der Waals surface area contributed by atoms with E-state index in [0.717, 1.165) is 38.6 Å². The van der Waals surface area contributed by atoms with Crippen LogP contribution in [0.1, 0.15) is 32.6 Å². The van der Waals surface area contributed by atoms with Gasteiger partial charge in [-0.2, -0.15) is 0 Å². The number of nitrogens with one attached hydrogen (secondary N) is 3. The van der Waals surface area contributed by atoms with Crippen molar-refractivity contribution >= 4 is 17.3 Å². The van der Waals surface area contributed by atoms with Gasteiger partial charge in [-0.25, -0.2) is 0 Å². The summed E-state index contributed by atoms with van der Waals surface area (Å²) in [6, 6.07) is 4.27. The lowest BCUT2D eigenvalue weighted by atomic mass is 10.1. The van der Waals surface area contributed by atoms with Gasteiger partial charge in [0.1, 0.15) is 0 Å². The molecule has 0 unspecified atom stereocenters. The summed E-state index contributed by atoms with van der Waals surface area (Å²) in [4.78, 5) is 5.98. The molecule has 0 radical (unpaired) electrons. The molecule has 20 heavy (non-hydrogen) atoms. The van der Waals surface area contributed by atoms with Gasteiger partial charge < -0.3 is 16.0 Å². The lowest BCUT2D eigenvalue weighted by Gasteiger charge is -2.20. The zero-order valence-corrected chi connectivity index (χ0v) is 13.9. The number of aliphatic imine (C=N–C) groups is 1. The van der Waals surface area contributed by atoms with Crippen LogP contribution in [0.15, 0.2) is 22.5 Å². The van der Waals surface area contributed by atoms with Crippen molar-refractivity contribution in [2.45, 2.75) is 39.7 Å². The largest absolute Gasteiger partial charge is 0.357 e. The van der Waals surface area contributed by atoms with Crippen LogP contribution in [0.2, 0.25) is 0 Å². The number of rotatable bonds is 7. The van der Waals surface area contributed by atoms with E-state index in [1.165, 1.54) is 4.88 Å². The molecule has 0 bridgehead atoms. The zero-order valence-electron chi connectivity index (χ0n) is 13.1. The highest BCUT2D eigenvalue weighted by Crippen LogP contribution is 2.07. The van der Waals surface area contributed by atoms with Crippen LogP contribution in [0.4, 0.5) is 0 Å². The number of hydrogen-bond donors (Lipinski definition) is 3. The lowest BCUT2D eigenvalue weighted by molar-refractivity contribution is 0.432. The predicted octanol–water partition coefficient (Wildman–Crippen LogP) is 2.23. The molecule has 0 saturated carbocycles. The van der Waals surface area contributed by atoms with Gasteiger partial charge in [0.25, 0.3) is 0 Å². The number of hydrogen-bond acceptors (Lipinski definition) is 3. The molecular weight excluding hydrogens is 268 g/mol. The molecule has 0 saturated heterocycles. The topological polar surface area (TPSA) is 48.5 Å². The Morgan fingerprint density at radius 3 is 2.65 bits per heavy atom. The lowest BCUT2D eigenvalue weighted by Crippen LogP contribution is -2.40. The van der Waals surface area contributed by atoms with E-state index < -0.39 is 0 Å². The smallest absolute Gasteiger partial charge is 0.191 e. The van der Waals surface area contributed by atoms with Crippen molar-refractivity contribution in [1.29, 1.82) is 0 Å². The average Bonchev–Trinajstić information content (AvgIpc) is 2.86. The Bertz CT molecular complexity index is 379. The quantitative estimate of drug-likeness (QED) is 0.411. The van der Waals surface area contributed by atoms with Crippen molar-refractivity contribution < 1.29 is 0 Å². The van der Waals surface area contributed by atoms with Gasteiger partial charge in [-0.05, 0) is 45.6 Å². The molecule has 0 spiro atoms. The highest BCUT2D eigenvalue weighted by Gasteiger charge is 2.07. The van der Waals surface area contributed by atoms with Crippen molar-refractivity contribution in [3.8, 4) is 0 Å². The number of thiophene rings is 1. The Morgan fingerprint density at radius 1 is 1.25 bits per heavy atom. The minimum Gasteiger partial charge on any atom is -0.357 e. The van der Waals surface area contributed by atoms with Crippen LogP contribution < -0.4 is 16.0 Å². The van der Waals surface area contributed by atoms with E-state index in [9.17, 15) is 0 Å². The van der Waals surface area contributed by atoms with Crippen LogP contribution >= 0.6 is 11.3 Å². The van der Waals surface area contributed by atoms with Crippen molar-refractivity contribution in [1.82, 2.24) is 16.0 Å². The third-order valence-corrected chi connectivity index (χ3v) is 3.56. The van der Waals surface area contributed by atoms with Gasteiger partial charge in [0.05, 0.1) is 6.54 Å². The second kappa shape index (κ2) is 8.97. The first-order valence-corrected chi connectivity index (χ1v) is 8.19. The van der Waals surface area contributed by atoms with E-state index in [1.807, 2.05) is 0 Å². The molecule has 0 aliphatic rings. The monoisotopic (exact) mass is 296 g/mol. The molecule has 1 heterocycles. The molecule has 1 aromatic rings. The minimum atomic E-state index is 0.153. The second-order valence-electron chi connectivity index (χ2n) is 5.69. The molecule has 0 fully saturated rings. The third-order valence-electron chi connectivity index (χ3n) is 2.63. The van der Waals surface area contributed by atoms with Crippen molar-refractivity contribution in [2.24, 2.45) is 4.99 Å². The van der Waals surface area contributed by atoms with Gasteiger partial charge in [0, 0.05) is 30.1 Å². The molecule has 0 aromatic carbocycles. The van der Waals surface area contributed by atoms with E-state index in [0.29, 0.717) is 0 Å². The first-order valence-electron chi connectivity index (χ1n) is 7.31. The standard InChI is InChI=1S/C15H28N4S/c1-5-16-14(18-10-11-19-15(2,3)4)17-9-8-13-7-6-12-20-13/h6-7,12,19H,5,8-11H2,1-4H3,(H2,16,17,18). The molecule has 0 amide bonds. The zero-order chi connectivity index (χ0) is 14.8. The van der Waals surface area contributed by atoms with Crippen LogP contribution in [-0.2, 0) is 6.42 Å². The van der Waals surface area contributed by atoms with Crippen LogP contribution in [-0.4, -0.2) is 37.7 Å². The van der Waals surface area contributed by atoms with Gasteiger partial charge in [0.15, 0.2) is 5.96 Å². The molecule has 0 aliphatic carbocycles. The van der Waals surface area contributed by atoms with Crippen LogP contribution in [0.3, 0.4) is 0 Å². The Kier molecular flexibility index (Phi) is 7.62. The Morgan fingerprint density at radius 2 is 2.05 bits per heavy atom. The maximum absolute atomic E-state index is 4.57. The van der Waals surface area contributed by atoms with Gasteiger partial charge in [-0.1, -0.05) is 6.07 Å². The van der Waals surface area contributed by atoms with Gasteiger partial charge in [-0.15, -0.1) is 11.3 Å². The normalized spacial score (nSPS) is 12.5. The number of guanidine groups is 1. The fourth-order valence-corrected chi connectivity index (χ4v) is 2.41. The molecule has 1 aromatic heterocycles. The first-order chi connectivity index (χ1) is 9.51. The van der Waals surface area contributed by atoms with Gasteiger partial charge in [0.2, 0.25) is 0 Å². The van der Waals surface area contributed by atoms with E-state index in [1.54, 1.807) is 11.3 Å². The SMILES string of the molecule is CCNC(=NCCNC(C)(C)C)NCCc1cccs1. The first kappa shape index (κ1) is 17.0. The minimum absolute atomic E-state index is 0.153. The summed E-state index contributed by atoms with van der Waals surface area (Å²) in [5, 5.41) is 12.2. The summed E-state index contributed by atoms with van der Waals surface area (Å²) in [5.74, 6) is 0.903. The Balaban J connectivity index is 2.27. The highest BCUT2D eigenvalue weighted by atomic mass is 32.1. The molecule has 4 nitrogen and oxygen atoms in total. The molecule has 0 aliphatic heterocycles. The molecule has 114 valence electrons. The van der Waals surface area contributed by atoms with Crippen molar-refractivity contribution in [2.75, 3.05) is 26.2 Å². The average molecular weight is 296 g/mol. The summed E-state index contributed by atoms with van der Waals surface area (Å²) in [5.41, 5.74) is 0.153. The third kappa shape index (κ3) is 8.17. The summed E-state index contributed by atoms with van der Waals surface area (Å²) in [6.07, 6.45) is 1.04. The molecule has 5 heteroatoms. The Labute approximate surface area is 127 Å². The van der Waals surface area contributed by atoms with Crippen molar-refractivity contribution in [3.05, 3.63) is 22.4 Å². The molecule has 1 rings (SSSR count). The van der Waals surface area contributed by atoms with E-state index in [4.69, 9.17) is 0 Å². The predicted molar refractivity (Wildman–Crippen MR) is 89.8 cm³/mol. The summed E-state index contributed by atoms with van der Waals surface area (Å²) in [6.45, 7) is 12.1. The number of nitrogens with zero attached hydrogens (tertiary/aromatic N) is 1. The maximum atomic E-state index is 4.57. The van der Waals surface area contributed by atoms with E-state index >= 15 is 0 Å². The Hall–Kier alpha value is -1.07. The van der Waals surface area contributed by atoms with Crippen LogP contribution in [0.5, 0.6) is 0 Å². The van der Waals surface area contributed by atoms with Gasteiger partial charge in [-0.3, -0.25) is 4.99 Å². The van der Waals surface area contributed by atoms with Crippen LogP contribution in [0.25, 0.3) is 0 Å². The molecular formula is C15H28N4S. The highest BCUT2D eigenvalue weighted by molar-refractivity contribution is 7.09. The maximum Gasteiger partial charge on any atom is 0.191 e. The van der Waals surface area contributed by atoms with Gasteiger partial charge >= 0.3 is 0 Å². The summed E-state index contributed by atoms with van der Waals surface area (Å²) >= 11 is 1.80. The summed E-state index contributed by atoms with van der Waals surface area (Å²) in [7, 11) is 0. The molecule has 0 atom stereocenters. The fourth-order valence-electron chi connectivity index (χ4n) is 1.70.